The summed E-state index contributed by atoms with van der Waals surface area (Å²) in [6.07, 6.45) is 1.58. The highest BCUT2D eigenvalue weighted by atomic mass is 32.2. The zero-order valence-electron chi connectivity index (χ0n) is 29.7. The van der Waals surface area contributed by atoms with Gasteiger partial charge in [-0.05, 0) is 94.6 Å². The molecule has 1 heterocycles. The van der Waals surface area contributed by atoms with Gasteiger partial charge in [0, 0.05) is 44.0 Å². The van der Waals surface area contributed by atoms with Crippen molar-refractivity contribution in [2.24, 2.45) is 5.92 Å². The molecular formula is C37H50N4O8S. The number of ether oxygens (including phenoxy) is 3. The SMILES string of the molecule is COc1ccc(NC(=O)N(C)C[C@@H]2OCCCC[C@@H](C)Oc3ccc(NS(=O)(=O)c4ccc(C)cc4)cc3C(=O)N([C@@H](C)CO)C[C@@H]2C)cc1. The summed E-state index contributed by atoms with van der Waals surface area (Å²) in [5.74, 6) is 0.304. The number of carbonyl (C=O) groups is 2. The number of hydrogen-bond donors (Lipinski definition) is 3. The normalized spacial score (nSPS) is 19.7. The van der Waals surface area contributed by atoms with Gasteiger partial charge in [-0.3, -0.25) is 9.52 Å². The van der Waals surface area contributed by atoms with Crippen molar-refractivity contribution < 1.29 is 37.3 Å². The van der Waals surface area contributed by atoms with Gasteiger partial charge in [0.15, 0.2) is 0 Å². The van der Waals surface area contributed by atoms with E-state index < -0.39 is 28.1 Å². The summed E-state index contributed by atoms with van der Waals surface area (Å²) in [6.45, 7) is 8.07. The maximum atomic E-state index is 14.4. The van der Waals surface area contributed by atoms with Crippen molar-refractivity contribution >= 4 is 33.3 Å². The van der Waals surface area contributed by atoms with Crippen molar-refractivity contribution in [3.05, 3.63) is 77.9 Å². The van der Waals surface area contributed by atoms with Crippen LogP contribution in [0.4, 0.5) is 16.2 Å². The van der Waals surface area contributed by atoms with E-state index in [0.29, 0.717) is 30.2 Å². The predicted molar refractivity (Wildman–Crippen MR) is 194 cm³/mol. The van der Waals surface area contributed by atoms with E-state index in [-0.39, 0.29) is 53.9 Å². The van der Waals surface area contributed by atoms with Gasteiger partial charge in [0.1, 0.15) is 11.5 Å². The Morgan fingerprint density at radius 3 is 2.40 bits per heavy atom. The largest absolute Gasteiger partial charge is 0.497 e. The van der Waals surface area contributed by atoms with Gasteiger partial charge in [-0.15, -0.1) is 0 Å². The molecule has 3 aromatic carbocycles. The molecule has 0 aromatic heterocycles. The second kappa shape index (κ2) is 17.6. The van der Waals surface area contributed by atoms with Crippen molar-refractivity contribution in [1.82, 2.24) is 9.80 Å². The third-order valence-corrected chi connectivity index (χ3v) is 10.2. The molecule has 0 saturated carbocycles. The summed E-state index contributed by atoms with van der Waals surface area (Å²) in [4.78, 5) is 30.8. The standard InChI is InChI=1S/C37H50N4O8S/c1-25-10-17-32(18-11-25)50(45,46)39-30-14-19-34-33(21-30)36(43)41(27(3)24-42)22-26(2)35(48-20-8-7-9-28(4)49-34)23-40(5)37(44)38-29-12-15-31(47-6)16-13-29/h10-19,21,26-28,35,39,42H,7-9,20,22-24H2,1-6H3,(H,38,44)/t26-,27-,28+,35-/m0/s1. The van der Waals surface area contributed by atoms with Crippen LogP contribution in [-0.4, -0.2) is 94.0 Å². The van der Waals surface area contributed by atoms with Crippen LogP contribution in [0.25, 0.3) is 0 Å². The average Bonchev–Trinajstić information content (AvgIpc) is 3.09. The maximum Gasteiger partial charge on any atom is 0.321 e. The molecule has 3 aromatic rings. The first kappa shape index (κ1) is 38.5. The lowest BCUT2D eigenvalue weighted by molar-refractivity contribution is -0.0115. The molecule has 0 fully saturated rings. The number of aryl methyl sites for hydroxylation is 1. The van der Waals surface area contributed by atoms with Crippen LogP contribution >= 0.6 is 0 Å². The molecule has 272 valence electrons. The van der Waals surface area contributed by atoms with Crippen LogP contribution in [0.3, 0.4) is 0 Å². The number of sulfonamides is 1. The van der Waals surface area contributed by atoms with Gasteiger partial charge in [0.05, 0.1) is 42.4 Å². The van der Waals surface area contributed by atoms with Gasteiger partial charge in [0.25, 0.3) is 15.9 Å². The lowest BCUT2D eigenvalue weighted by atomic mass is 10.0. The van der Waals surface area contributed by atoms with E-state index in [1.165, 1.54) is 18.2 Å². The van der Waals surface area contributed by atoms with Crippen molar-refractivity contribution in [3.63, 3.8) is 0 Å². The lowest BCUT2D eigenvalue weighted by Gasteiger charge is -2.35. The minimum absolute atomic E-state index is 0.0948. The Morgan fingerprint density at radius 1 is 1.06 bits per heavy atom. The maximum absolute atomic E-state index is 14.4. The van der Waals surface area contributed by atoms with E-state index >= 15 is 0 Å². The zero-order chi connectivity index (χ0) is 36.4. The van der Waals surface area contributed by atoms with Crippen LogP contribution < -0.4 is 19.5 Å². The van der Waals surface area contributed by atoms with E-state index in [0.717, 1.165) is 18.4 Å². The van der Waals surface area contributed by atoms with Gasteiger partial charge < -0.3 is 34.4 Å². The third kappa shape index (κ3) is 10.3. The molecule has 1 aliphatic rings. The summed E-state index contributed by atoms with van der Waals surface area (Å²) in [5.41, 5.74) is 1.91. The first-order valence-corrected chi connectivity index (χ1v) is 18.4. The topological polar surface area (TPSA) is 147 Å². The molecule has 1 aliphatic heterocycles. The highest BCUT2D eigenvalue weighted by Gasteiger charge is 2.31. The van der Waals surface area contributed by atoms with Crippen LogP contribution in [-0.2, 0) is 14.8 Å². The monoisotopic (exact) mass is 710 g/mol. The lowest BCUT2D eigenvalue weighted by Crippen LogP contribution is -2.48. The number of urea groups is 1. The third-order valence-electron chi connectivity index (χ3n) is 8.78. The molecule has 4 rings (SSSR count). The molecular weight excluding hydrogens is 660 g/mol. The smallest absolute Gasteiger partial charge is 0.321 e. The first-order chi connectivity index (χ1) is 23.8. The second-order valence-electron chi connectivity index (χ2n) is 13.0. The number of rotatable bonds is 9. The minimum Gasteiger partial charge on any atom is -0.497 e. The molecule has 4 atom stereocenters. The molecule has 0 radical (unpaired) electrons. The number of benzene rings is 3. The van der Waals surface area contributed by atoms with E-state index in [2.05, 4.69) is 10.0 Å². The summed E-state index contributed by atoms with van der Waals surface area (Å²) in [5, 5.41) is 13.1. The van der Waals surface area contributed by atoms with Crippen molar-refractivity contribution in [1.29, 1.82) is 0 Å². The minimum atomic E-state index is -3.94. The summed E-state index contributed by atoms with van der Waals surface area (Å²) < 4.78 is 46.9. The second-order valence-corrected chi connectivity index (χ2v) is 14.7. The number of aliphatic hydroxyl groups is 1. The number of amides is 3. The van der Waals surface area contributed by atoms with Crippen LogP contribution in [0, 0.1) is 12.8 Å². The molecule has 0 spiro atoms. The average molecular weight is 711 g/mol. The Bertz CT molecular complexity index is 1680. The van der Waals surface area contributed by atoms with Crippen LogP contribution in [0.2, 0.25) is 0 Å². The molecule has 3 N–H and O–H groups in total. The number of carbonyl (C=O) groups excluding carboxylic acids is 2. The van der Waals surface area contributed by atoms with Crippen molar-refractivity contribution in [2.45, 2.75) is 70.1 Å². The Balaban J connectivity index is 1.61. The van der Waals surface area contributed by atoms with Gasteiger partial charge in [0.2, 0.25) is 0 Å². The number of aliphatic hydroxyl groups excluding tert-OH is 1. The fraction of sp³-hybridized carbons (Fsp3) is 0.459. The highest BCUT2D eigenvalue weighted by molar-refractivity contribution is 7.92. The molecule has 0 bridgehead atoms. The number of nitrogens with zero attached hydrogens (tertiary/aromatic N) is 2. The Labute approximate surface area is 295 Å². The number of anilines is 2. The van der Waals surface area contributed by atoms with Crippen LogP contribution in [0.1, 0.15) is 56.0 Å². The number of hydrogen-bond acceptors (Lipinski definition) is 8. The Kier molecular flexibility index (Phi) is 13.5. The quantitative estimate of drug-likeness (QED) is 0.254. The van der Waals surface area contributed by atoms with Crippen LogP contribution in [0.15, 0.2) is 71.6 Å². The predicted octanol–water partition coefficient (Wildman–Crippen LogP) is 5.76. The van der Waals surface area contributed by atoms with E-state index in [1.807, 2.05) is 20.8 Å². The highest BCUT2D eigenvalue weighted by Crippen LogP contribution is 2.30. The number of likely N-dealkylation sites (N-methyl/N-ethyl adjacent to an activating group) is 1. The fourth-order valence-corrected chi connectivity index (χ4v) is 6.68. The van der Waals surface area contributed by atoms with Gasteiger partial charge >= 0.3 is 6.03 Å². The van der Waals surface area contributed by atoms with Gasteiger partial charge in [-0.25, -0.2) is 13.2 Å². The molecule has 0 unspecified atom stereocenters. The van der Waals surface area contributed by atoms with Crippen LogP contribution in [0.5, 0.6) is 11.5 Å². The Morgan fingerprint density at radius 2 is 1.74 bits per heavy atom. The summed E-state index contributed by atoms with van der Waals surface area (Å²) in [6, 6.07) is 17.3. The summed E-state index contributed by atoms with van der Waals surface area (Å²) in [7, 11) is -0.677. The molecule has 50 heavy (non-hydrogen) atoms. The van der Waals surface area contributed by atoms with E-state index in [1.54, 1.807) is 79.4 Å². The van der Waals surface area contributed by atoms with Crippen molar-refractivity contribution in [3.8, 4) is 11.5 Å². The molecule has 0 saturated heterocycles. The fourth-order valence-electron chi connectivity index (χ4n) is 5.63. The molecule has 13 heteroatoms. The molecule has 3 amide bonds. The van der Waals surface area contributed by atoms with Crippen molar-refractivity contribution in [2.75, 3.05) is 50.5 Å². The molecule has 12 nitrogen and oxygen atoms in total. The van der Waals surface area contributed by atoms with E-state index in [4.69, 9.17) is 14.2 Å². The number of nitrogens with one attached hydrogen (secondary N) is 2. The van der Waals surface area contributed by atoms with Gasteiger partial charge in [-0.1, -0.05) is 24.6 Å². The molecule has 0 aliphatic carbocycles. The Hall–Kier alpha value is -4.33. The van der Waals surface area contributed by atoms with Gasteiger partial charge in [-0.2, -0.15) is 0 Å². The van der Waals surface area contributed by atoms with E-state index in [9.17, 15) is 23.1 Å². The summed E-state index contributed by atoms with van der Waals surface area (Å²) >= 11 is 0. The zero-order valence-corrected chi connectivity index (χ0v) is 30.5. The number of methoxy groups -OCH3 is 1. The number of fused-ring (bicyclic) bond motifs is 1. The first-order valence-electron chi connectivity index (χ1n) is 16.9.